The predicted molar refractivity (Wildman–Crippen MR) is 43.2 cm³/mol. The standard InChI is InChI=1S/C7H7F3N4/c8-7(9,10)4-14-6-12-2-5(1-11)3-13-6/h2H,3-4H2,(H2,12,13,14). The average molecular weight is 204 g/mol. The van der Waals surface area contributed by atoms with Crippen LogP contribution in [0.1, 0.15) is 0 Å². The fourth-order valence-electron chi connectivity index (χ4n) is 0.769. The van der Waals surface area contributed by atoms with Crippen LogP contribution in [0.25, 0.3) is 0 Å². The van der Waals surface area contributed by atoms with Gasteiger partial charge in [-0.15, -0.1) is 0 Å². The zero-order valence-corrected chi connectivity index (χ0v) is 7.02. The molecule has 0 aliphatic carbocycles. The highest BCUT2D eigenvalue weighted by atomic mass is 19.4. The monoisotopic (exact) mass is 204 g/mol. The summed E-state index contributed by atoms with van der Waals surface area (Å²) in [7, 11) is 0. The highest BCUT2D eigenvalue weighted by Gasteiger charge is 2.27. The lowest BCUT2D eigenvalue weighted by atomic mass is 10.3. The maximum atomic E-state index is 11.7. The normalized spacial score (nSPS) is 16.1. The molecule has 0 fully saturated rings. The first kappa shape index (κ1) is 10.4. The Hall–Kier alpha value is -1.71. The molecule has 1 rings (SSSR count). The molecule has 0 aromatic carbocycles. The van der Waals surface area contributed by atoms with Gasteiger partial charge >= 0.3 is 6.18 Å². The van der Waals surface area contributed by atoms with Gasteiger partial charge in [-0.1, -0.05) is 0 Å². The second kappa shape index (κ2) is 4.00. The quantitative estimate of drug-likeness (QED) is 0.654. The summed E-state index contributed by atoms with van der Waals surface area (Å²) in [4.78, 5) is 3.69. The molecule has 0 radical (unpaired) electrons. The van der Waals surface area contributed by atoms with Crippen molar-refractivity contribution in [1.82, 2.24) is 10.6 Å². The van der Waals surface area contributed by atoms with Crippen LogP contribution in [0.5, 0.6) is 0 Å². The third-order valence-electron chi connectivity index (χ3n) is 1.39. The lowest BCUT2D eigenvalue weighted by molar-refractivity contribution is -0.122. The third-order valence-corrected chi connectivity index (χ3v) is 1.39. The number of halogens is 3. The van der Waals surface area contributed by atoms with E-state index in [1.807, 2.05) is 6.07 Å². The van der Waals surface area contributed by atoms with Crippen LogP contribution in [0.2, 0.25) is 0 Å². The number of rotatable bonds is 1. The fourth-order valence-corrected chi connectivity index (χ4v) is 0.769. The van der Waals surface area contributed by atoms with Gasteiger partial charge in [-0.05, 0) is 0 Å². The first-order valence-corrected chi connectivity index (χ1v) is 3.72. The van der Waals surface area contributed by atoms with Crippen LogP contribution in [-0.4, -0.2) is 25.2 Å². The van der Waals surface area contributed by atoms with Gasteiger partial charge in [0.2, 0.25) is 0 Å². The predicted octanol–water partition coefficient (Wildman–Crippen LogP) is 0.505. The van der Waals surface area contributed by atoms with E-state index in [4.69, 9.17) is 5.26 Å². The summed E-state index contributed by atoms with van der Waals surface area (Å²) in [6.07, 6.45) is -2.95. The highest BCUT2D eigenvalue weighted by Crippen LogP contribution is 2.12. The zero-order valence-electron chi connectivity index (χ0n) is 7.02. The van der Waals surface area contributed by atoms with E-state index in [1.54, 1.807) is 0 Å². The van der Waals surface area contributed by atoms with Crippen molar-refractivity contribution in [1.29, 1.82) is 5.26 Å². The van der Waals surface area contributed by atoms with E-state index in [0.29, 0.717) is 5.57 Å². The molecular weight excluding hydrogens is 197 g/mol. The molecule has 7 heteroatoms. The lowest BCUT2D eigenvalue weighted by Crippen LogP contribution is -2.41. The summed E-state index contributed by atoms with van der Waals surface area (Å²) >= 11 is 0. The van der Waals surface area contributed by atoms with Gasteiger partial charge in [0.25, 0.3) is 0 Å². The molecule has 1 aliphatic rings. The number of nitrogens with one attached hydrogen (secondary N) is 2. The third kappa shape index (κ3) is 3.35. The van der Waals surface area contributed by atoms with Crippen molar-refractivity contribution in [2.45, 2.75) is 6.18 Å². The minimum absolute atomic E-state index is 0.0290. The molecule has 0 saturated carbocycles. The van der Waals surface area contributed by atoms with Gasteiger partial charge < -0.3 is 10.6 Å². The van der Waals surface area contributed by atoms with Gasteiger partial charge in [0, 0.05) is 6.20 Å². The van der Waals surface area contributed by atoms with Gasteiger partial charge in [0.05, 0.1) is 18.2 Å². The van der Waals surface area contributed by atoms with Crippen LogP contribution in [0.3, 0.4) is 0 Å². The Labute approximate surface area is 78.1 Å². The number of alkyl halides is 3. The summed E-state index contributed by atoms with van der Waals surface area (Å²) in [5.74, 6) is 0.0290. The average Bonchev–Trinajstić information content (AvgIpc) is 2.14. The number of aliphatic imine (C=N–C) groups is 1. The summed E-state index contributed by atoms with van der Waals surface area (Å²) < 4.78 is 35.2. The van der Waals surface area contributed by atoms with Crippen LogP contribution in [-0.2, 0) is 0 Å². The van der Waals surface area contributed by atoms with Crippen molar-refractivity contribution in [3.8, 4) is 6.07 Å². The van der Waals surface area contributed by atoms with Gasteiger partial charge in [0.1, 0.15) is 6.54 Å². The second-order valence-corrected chi connectivity index (χ2v) is 2.56. The minimum atomic E-state index is -4.27. The molecule has 76 valence electrons. The fraction of sp³-hybridized carbons (Fsp3) is 0.429. The first-order valence-electron chi connectivity index (χ1n) is 3.72. The van der Waals surface area contributed by atoms with E-state index >= 15 is 0 Å². The second-order valence-electron chi connectivity index (χ2n) is 2.56. The topological polar surface area (TPSA) is 60.2 Å². The van der Waals surface area contributed by atoms with E-state index in [1.165, 1.54) is 6.20 Å². The maximum Gasteiger partial charge on any atom is 0.405 e. The van der Waals surface area contributed by atoms with Gasteiger partial charge in [-0.25, -0.2) is 4.99 Å². The molecule has 0 spiro atoms. The molecule has 0 aromatic heterocycles. The molecule has 4 nitrogen and oxygen atoms in total. The molecule has 1 heterocycles. The molecule has 0 saturated heterocycles. The Morgan fingerprint density at radius 1 is 1.64 bits per heavy atom. The highest BCUT2D eigenvalue weighted by molar-refractivity contribution is 5.82. The van der Waals surface area contributed by atoms with Crippen molar-refractivity contribution in [3.05, 3.63) is 11.8 Å². The van der Waals surface area contributed by atoms with Gasteiger partial charge in [0.15, 0.2) is 5.96 Å². The van der Waals surface area contributed by atoms with E-state index < -0.39 is 12.7 Å². The van der Waals surface area contributed by atoms with Crippen molar-refractivity contribution in [3.63, 3.8) is 0 Å². The van der Waals surface area contributed by atoms with E-state index in [2.05, 4.69) is 15.6 Å². The van der Waals surface area contributed by atoms with Crippen LogP contribution in [0.15, 0.2) is 16.8 Å². The molecule has 0 bridgehead atoms. The Morgan fingerprint density at radius 3 is 2.79 bits per heavy atom. The Morgan fingerprint density at radius 2 is 2.36 bits per heavy atom. The molecule has 2 N–H and O–H groups in total. The van der Waals surface area contributed by atoms with Gasteiger partial charge in [-0.3, -0.25) is 0 Å². The number of hydrogen-bond acceptors (Lipinski definition) is 4. The number of guanidine groups is 1. The van der Waals surface area contributed by atoms with Crippen LogP contribution < -0.4 is 10.6 Å². The maximum absolute atomic E-state index is 11.7. The number of nitriles is 1. The van der Waals surface area contributed by atoms with Crippen LogP contribution >= 0.6 is 0 Å². The number of nitrogens with zero attached hydrogens (tertiary/aromatic N) is 2. The van der Waals surface area contributed by atoms with Crippen molar-refractivity contribution < 1.29 is 13.2 Å². The summed E-state index contributed by atoms with van der Waals surface area (Å²) in [5, 5.41) is 12.9. The molecule has 1 aliphatic heterocycles. The van der Waals surface area contributed by atoms with Gasteiger partial charge in [-0.2, -0.15) is 18.4 Å². The van der Waals surface area contributed by atoms with Crippen molar-refractivity contribution in [2.75, 3.05) is 13.1 Å². The summed E-state index contributed by atoms with van der Waals surface area (Å²) in [5.41, 5.74) is 0.377. The largest absolute Gasteiger partial charge is 0.405 e. The molecule has 14 heavy (non-hydrogen) atoms. The summed E-state index contributed by atoms with van der Waals surface area (Å²) in [6, 6.07) is 1.84. The van der Waals surface area contributed by atoms with E-state index in [9.17, 15) is 13.2 Å². The Kier molecular flexibility index (Phi) is 2.96. The molecule has 0 unspecified atom stereocenters. The smallest absolute Gasteiger partial charge is 0.347 e. The summed E-state index contributed by atoms with van der Waals surface area (Å²) in [6.45, 7) is -1.04. The molecule has 0 atom stereocenters. The van der Waals surface area contributed by atoms with Crippen molar-refractivity contribution in [2.24, 2.45) is 4.99 Å². The molecular formula is C7H7F3N4. The lowest BCUT2D eigenvalue weighted by Gasteiger charge is -2.14. The van der Waals surface area contributed by atoms with Crippen LogP contribution in [0, 0.1) is 11.3 Å². The number of hydrogen-bond donors (Lipinski definition) is 2. The Bertz CT molecular complexity index is 310. The zero-order chi connectivity index (χ0) is 10.6. The SMILES string of the molecule is N#CC1=CNC(NCC(F)(F)F)=NC1. The molecule has 0 amide bonds. The van der Waals surface area contributed by atoms with E-state index in [-0.39, 0.29) is 12.5 Å². The van der Waals surface area contributed by atoms with E-state index in [0.717, 1.165) is 0 Å². The first-order chi connectivity index (χ1) is 6.51. The van der Waals surface area contributed by atoms with Crippen molar-refractivity contribution >= 4 is 5.96 Å². The Balaban J connectivity index is 2.37. The minimum Gasteiger partial charge on any atom is -0.347 e. The van der Waals surface area contributed by atoms with Crippen LogP contribution in [0.4, 0.5) is 13.2 Å². The molecule has 0 aromatic rings.